The number of hydrogen-bond donors (Lipinski definition) is 1. The van der Waals surface area contributed by atoms with Crippen LogP contribution in [0.3, 0.4) is 0 Å². The van der Waals surface area contributed by atoms with Gasteiger partial charge in [0.1, 0.15) is 11.4 Å². The molecule has 2 heterocycles. The quantitative estimate of drug-likeness (QED) is 0.905. The number of morpholine rings is 1. The lowest BCUT2D eigenvalue weighted by Crippen LogP contribution is -2.41. The number of pyridine rings is 1. The number of ether oxygens (including phenoxy) is 2. The highest BCUT2D eigenvalue weighted by Crippen LogP contribution is 2.32. The van der Waals surface area contributed by atoms with Crippen LogP contribution in [-0.2, 0) is 4.74 Å². The van der Waals surface area contributed by atoms with Crippen LogP contribution in [0.25, 0.3) is 0 Å². The molecule has 0 unspecified atom stereocenters. The molecule has 1 aliphatic rings. The van der Waals surface area contributed by atoms with Gasteiger partial charge in [-0.05, 0) is 30.7 Å². The standard InChI is InChI=1S/C18H20ClN3O3/c1-12-9-16(17(24-2)10-14(12)19)21-13-3-4-15(20-11-13)18(23)22-5-7-25-8-6-22/h3-4,9-11,21H,5-8H2,1-2H3. The first-order valence-corrected chi connectivity index (χ1v) is 8.40. The Bertz CT molecular complexity index is 759. The van der Waals surface area contributed by atoms with Gasteiger partial charge in [-0.2, -0.15) is 0 Å². The number of aryl methyl sites for hydroxylation is 1. The van der Waals surface area contributed by atoms with Crippen molar-refractivity contribution in [2.75, 3.05) is 38.7 Å². The van der Waals surface area contributed by atoms with Crippen LogP contribution in [0.2, 0.25) is 5.02 Å². The minimum Gasteiger partial charge on any atom is -0.495 e. The summed E-state index contributed by atoms with van der Waals surface area (Å²) in [6, 6.07) is 7.22. The van der Waals surface area contributed by atoms with E-state index < -0.39 is 0 Å². The van der Waals surface area contributed by atoms with Gasteiger partial charge in [0, 0.05) is 24.2 Å². The van der Waals surface area contributed by atoms with Gasteiger partial charge in [0.05, 0.1) is 37.9 Å². The Hall–Kier alpha value is -2.31. The third-order valence-corrected chi connectivity index (χ3v) is 4.45. The summed E-state index contributed by atoms with van der Waals surface area (Å²) >= 11 is 6.13. The van der Waals surface area contributed by atoms with Crippen molar-refractivity contribution in [2.24, 2.45) is 0 Å². The lowest BCUT2D eigenvalue weighted by Gasteiger charge is -2.26. The molecule has 1 amide bonds. The van der Waals surface area contributed by atoms with Crippen LogP contribution >= 0.6 is 11.6 Å². The molecular formula is C18H20ClN3O3. The molecule has 0 aliphatic carbocycles. The van der Waals surface area contributed by atoms with E-state index in [1.165, 1.54) is 0 Å². The van der Waals surface area contributed by atoms with E-state index in [0.29, 0.717) is 42.8 Å². The zero-order valence-corrected chi connectivity index (χ0v) is 15.0. The molecule has 0 saturated carbocycles. The van der Waals surface area contributed by atoms with Crippen molar-refractivity contribution in [2.45, 2.75) is 6.92 Å². The summed E-state index contributed by atoms with van der Waals surface area (Å²) in [5.74, 6) is 0.568. The van der Waals surface area contributed by atoms with E-state index in [2.05, 4.69) is 10.3 Å². The molecule has 3 rings (SSSR count). The smallest absolute Gasteiger partial charge is 0.272 e. The molecule has 0 spiro atoms. The minimum absolute atomic E-state index is 0.0743. The molecule has 0 atom stereocenters. The number of rotatable bonds is 4. The van der Waals surface area contributed by atoms with Gasteiger partial charge in [-0.3, -0.25) is 4.79 Å². The van der Waals surface area contributed by atoms with Gasteiger partial charge in [0.2, 0.25) is 0 Å². The van der Waals surface area contributed by atoms with E-state index in [9.17, 15) is 4.79 Å². The SMILES string of the molecule is COc1cc(Cl)c(C)cc1Nc1ccc(C(=O)N2CCOCC2)nc1. The first-order chi connectivity index (χ1) is 12.1. The molecule has 1 aromatic heterocycles. The van der Waals surface area contributed by atoms with Crippen LogP contribution in [0, 0.1) is 6.92 Å². The number of nitrogens with zero attached hydrogens (tertiary/aromatic N) is 2. The second-order valence-corrected chi connectivity index (χ2v) is 6.17. The van der Waals surface area contributed by atoms with Crippen LogP contribution in [0.1, 0.15) is 16.1 Å². The Balaban J connectivity index is 1.75. The van der Waals surface area contributed by atoms with Gasteiger partial charge in [-0.15, -0.1) is 0 Å². The number of methoxy groups -OCH3 is 1. The zero-order valence-electron chi connectivity index (χ0n) is 14.2. The molecule has 1 saturated heterocycles. The summed E-state index contributed by atoms with van der Waals surface area (Å²) in [5, 5.41) is 3.89. The molecule has 1 fully saturated rings. The summed E-state index contributed by atoms with van der Waals surface area (Å²) in [5.41, 5.74) is 2.92. The third kappa shape index (κ3) is 4.03. The van der Waals surface area contributed by atoms with Crippen molar-refractivity contribution < 1.29 is 14.3 Å². The second-order valence-electron chi connectivity index (χ2n) is 5.76. The van der Waals surface area contributed by atoms with Gasteiger partial charge < -0.3 is 19.7 Å². The Morgan fingerprint density at radius 3 is 2.72 bits per heavy atom. The molecule has 2 aromatic rings. The van der Waals surface area contributed by atoms with E-state index in [0.717, 1.165) is 16.9 Å². The van der Waals surface area contributed by atoms with E-state index in [1.807, 2.05) is 19.1 Å². The average Bonchev–Trinajstić information content (AvgIpc) is 2.65. The summed E-state index contributed by atoms with van der Waals surface area (Å²) < 4.78 is 10.6. The maximum atomic E-state index is 12.4. The van der Waals surface area contributed by atoms with Gasteiger partial charge in [0.15, 0.2) is 0 Å². The average molecular weight is 362 g/mol. The highest BCUT2D eigenvalue weighted by Gasteiger charge is 2.19. The van der Waals surface area contributed by atoms with Gasteiger partial charge >= 0.3 is 0 Å². The van der Waals surface area contributed by atoms with Gasteiger partial charge in [-0.1, -0.05) is 11.6 Å². The number of carbonyl (C=O) groups excluding carboxylic acids is 1. The number of amides is 1. The largest absolute Gasteiger partial charge is 0.495 e. The second kappa shape index (κ2) is 7.72. The Kier molecular flexibility index (Phi) is 5.40. The fraction of sp³-hybridized carbons (Fsp3) is 0.333. The first kappa shape index (κ1) is 17.5. The van der Waals surface area contributed by atoms with E-state index >= 15 is 0 Å². The highest BCUT2D eigenvalue weighted by atomic mass is 35.5. The topological polar surface area (TPSA) is 63.7 Å². The van der Waals surface area contributed by atoms with E-state index in [1.54, 1.807) is 30.3 Å². The number of halogens is 1. The number of anilines is 2. The molecule has 7 heteroatoms. The Labute approximate surface area is 151 Å². The molecule has 6 nitrogen and oxygen atoms in total. The van der Waals surface area contributed by atoms with Crippen molar-refractivity contribution in [1.29, 1.82) is 0 Å². The minimum atomic E-state index is -0.0743. The van der Waals surface area contributed by atoms with Crippen molar-refractivity contribution in [1.82, 2.24) is 9.88 Å². The molecular weight excluding hydrogens is 342 g/mol. The number of aromatic nitrogens is 1. The lowest BCUT2D eigenvalue weighted by atomic mass is 10.2. The van der Waals surface area contributed by atoms with Crippen LogP contribution < -0.4 is 10.1 Å². The van der Waals surface area contributed by atoms with E-state index in [-0.39, 0.29) is 5.91 Å². The number of nitrogens with one attached hydrogen (secondary N) is 1. The maximum absolute atomic E-state index is 12.4. The van der Waals surface area contributed by atoms with Crippen molar-refractivity contribution in [3.8, 4) is 5.75 Å². The third-order valence-electron chi connectivity index (χ3n) is 4.04. The number of carbonyl (C=O) groups is 1. The van der Waals surface area contributed by atoms with Gasteiger partial charge in [0.25, 0.3) is 5.91 Å². The Morgan fingerprint density at radius 2 is 2.08 bits per heavy atom. The Morgan fingerprint density at radius 1 is 1.32 bits per heavy atom. The predicted molar refractivity (Wildman–Crippen MR) is 97.0 cm³/mol. The molecule has 132 valence electrons. The summed E-state index contributed by atoms with van der Waals surface area (Å²) in [7, 11) is 1.59. The van der Waals surface area contributed by atoms with Gasteiger partial charge in [-0.25, -0.2) is 4.98 Å². The molecule has 1 aromatic carbocycles. The number of hydrogen-bond acceptors (Lipinski definition) is 5. The van der Waals surface area contributed by atoms with Crippen LogP contribution in [0.4, 0.5) is 11.4 Å². The lowest BCUT2D eigenvalue weighted by molar-refractivity contribution is 0.0299. The van der Waals surface area contributed by atoms with Crippen LogP contribution in [-0.4, -0.2) is 49.2 Å². The maximum Gasteiger partial charge on any atom is 0.272 e. The van der Waals surface area contributed by atoms with Crippen molar-refractivity contribution in [3.05, 3.63) is 46.7 Å². The highest BCUT2D eigenvalue weighted by molar-refractivity contribution is 6.31. The van der Waals surface area contributed by atoms with E-state index in [4.69, 9.17) is 21.1 Å². The number of benzene rings is 1. The fourth-order valence-corrected chi connectivity index (χ4v) is 2.76. The predicted octanol–water partition coefficient (Wildman–Crippen LogP) is 3.27. The van der Waals surface area contributed by atoms with Crippen molar-refractivity contribution >= 4 is 28.9 Å². The molecule has 0 bridgehead atoms. The molecule has 25 heavy (non-hydrogen) atoms. The molecule has 1 aliphatic heterocycles. The zero-order chi connectivity index (χ0) is 17.8. The fourth-order valence-electron chi connectivity index (χ4n) is 2.61. The monoisotopic (exact) mass is 361 g/mol. The normalized spacial score (nSPS) is 14.3. The summed E-state index contributed by atoms with van der Waals surface area (Å²) in [6.07, 6.45) is 1.64. The molecule has 1 N–H and O–H groups in total. The van der Waals surface area contributed by atoms with Crippen molar-refractivity contribution in [3.63, 3.8) is 0 Å². The van der Waals surface area contributed by atoms with Crippen LogP contribution in [0.15, 0.2) is 30.5 Å². The molecule has 0 radical (unpaired) electrons. The first-order valence-electron chi connectivity index (χ1n) is 8.02. The summed E-state index contributed by atoms with van der Waals surface area (Å²) in [6.45, 7) is 4.26. The summed E-state index contributed by atoms with van der Waals surface area (Å²) in [4.78, 5) is 18.4. The van der Waals surface area contributed by atoms with Crippen LogP contribution in [0.5, 0.6) is 5.75 Å².